The number of aryl methyl sites for hydroxylation is 2. The SMILES string of the molecule is Cc1ccc(C(=O)OCc2ccc3ccccc3c2COC(=O)c2ccc(C)cn2)nc1. The van der Waals surface area contributed by atoms with Crippen LogP contribution in [0.15, 0.2) is 73.1 Å². The highest BCUT2D eigenvalue weighted by atomic mass is 16.5. The third-order valence-electron chi connectivity index (χ3n) is 5.08. The lowest BCUT2D eigenvalue weighted by Gasteiger charge is -2.14. The number of carbonyl (C=O) groups is 2. The van der Waals surface area contributed by atoms with Crippen LogP contribution in [0.1, 0.15) is 43.2 Å². The lowest BCUT2D eigenvalue weighted by molar-refractivity contribution is 0.0430. The number of hydrogen-bond acceptors (Lipinski definition) is 6. The first-order chi connectivity index (χ1) is 15.5. The molecule has 32 heavy (non-hydrogen) atoms. The zero-order valence-electron chi connectivity index (χ0n) is 17.9. The van der Waals surface area contributed by atoms with E-state index in [0.29, 0.717) is 0 Å². The first-order valence-corrected chi connectivity index (χ1v) is 10.2. The minimum atomic E-state index is -0.510. The number of esters is 2. The number of rotatable bonds is 6. The minimum Gasteiger partial charge on any atom is -0.456 e. The Kier molecular flexibility index (Phi) is 6.22. The highest BCUT2D eigenvalue weighted by molar-refractivity contribution is 5.89. The van der Waals surface area contributed by atoms with Crippen LogP contribution in [0.4, 0.5) is 0 Å². The van der Waals surface area contributed by atoms with Crippen molar-refractivity contribution < 1.29 is 19.1 Å². The van der Waals surface area contributed by atoms with Crippen LogP contribution in [0.5, 0.6) is 0 Å². The second-order valence-corrected chi connectivity index (χ2v) is 7.52. The van der Waals surface area contributed by atoms with Gasteiger partial charge >= 0.3 is 11.9 Å². The van der Waals surface area contributed by atoms with E-state index < -0.39 is 11.9 Å². The maximum atomic E-state index is 12.5. The quantitative estimate of drug-likeness (QED) is 0.406. The van der Waals surface area contributed by atoms with Gasteiger partial charge in [0, 0.05) is 18.0 Å². The second-order valence-electron chi connectivity index (χ2n) is 7.52. The molecule has 2 aromatic heterocycles. The van der Waals surface area contributed by atoms with Gasteiger partial charge in [-0.15, -0.1) is 0 Å². The molecule has 0 aliphatic carbocycles. The van der Waals surface area contributed by atoms with Gasteiger partial charge in [-0.3, -0.25) is 0 Å². The van der Waals surface area contributed by atoms with E-state index in [2.05, 4.69) is 9.97 Å². The first kappa shape index (κ1) is 21.2. The molecule has 4 aromatic rings. The van der Waals surface area contributed by atoms with Crippen LogP contribution in [0, 0.1) is 13.8 Å². The normalized spacial score (nSPS) is 10.7. The summed E-state index contributed by atoms with van der Waals surface area (Å²) >= 11 is 0. The van der Waals surface area contributed by atoms with E-state index in [1.54, 1.807) is 24.5 Å². The third kappa shape index (κ3) is 4.81. The first-order valence-electron chi connectivity index (χ1n) is 10.2. The summed E-state index contributed by atoms with van der Waals surface area (Å²) in [6.45, 7) is 3.87. The van der Waals surface area contributed by atoms with Crippen LogP contribution < -0.4 is 0 Å². The Morgan fingerprint density at radius 3 is 1.91 bits per heavy atom. The van der Waals surface area contributed by atoms with Gasteiger partial charge in [0.25, 0.3) is 0 Å². The van der Waals surface area contributed by atoms with E-state index in [1.807, 2.05) is 62.4 Å². The lowest BCUT2D eigenvalue weighted by atomic mass is 10.00. The monoisotopic (exact) mass is 426 g/mol. The lowest BCUT2D eigenvalue weighted by Crippen LogP contribution is -2.11. The van der Waals surface area contributed by atoms with Gasteiger partial charge in [-0.2, -0.15) is 0 Å². The summed E-state index contributed by atoms with van der Waals surface area (Å²) in [4.78, 5) is 33.1. The summed E-state index contributed by atoms with van der Waals surface area (Å²) in [5.41, 5.74) is 3.96. The predicted molar refractivity (Wildman–Crippen MR) is 120 cm³/mol. The third-order valence-corrected chi connectivity index (χ3v) is 5.08. The zero-order valence-corrected chi connectivity index (χ0v) is 17.9. The molecule has 160 valence electrons. The molecule has 4 rings (SSSR count). The number of hydrogen-bond donors (Lipinski definition) is 0. The molecule has 0 N–H and O–H groups in total. The van der Waals surface area contributed by atoms with Gasteiger partial charge in [-0.1, -0.05) is 48.5 Å². The summed E-state index contributed by atoms with van der Waals surface area (Å²) in [6, 6.07) is 18.5. The van der Waals surface area contributed by atoms with E-state index in [-0.39, 0.29) is 24.6 Å². The van der Waals surface area contributed by atoms with Crippen molar-refractivity contribution in [1.29, 1.82) is 0 Å². The molecule has 0 saturated heterocycles. The molecule has 0 aliphatic rings. The van der Waals surface area contributed by atoms with Gasteiger partial charge in [0.1, 0.15) is 24.6 Å². The zero-order chi connectivity index (χ0) is 22.5. The van der Waals surface area contributed by atoms with E-state index in [9.17, 15) is 9.59 Å². The van der Waals surface area contributed by atoms with Gasteiger partial charge in [0.2, 0.25) is 0 Å². The molecule has 6 nitrogen and oxygen atoms in total. The number of benzene rings is 2. The number of carbonyl (C=O) groups excluding carboxylic acids is 2. The summed E-state index contributed by atoms with van der Waals surface area (Å²) in [7, 11) is 0. The average Bonchev–Trinajstić information content (AvgIpc) is 2.82. The Balaban J connectivity index is 1.55. The Hall–Kier alpha value is -4.06. The molecule has 0 saturated carbocycles. The fourth-order valence-corrected chi connectivity index (χ4v) is 3.29. The van der Waals surface area contributed by atoms with Crippen molar-refractivity contribution in [2.45, 2.75) is 27.1 Å². The minimum absolute atomic E-state index is 0.0331. The summed E-state index contributed by atoms with van der Waals surface area (Å²) in [5.74, 6) is -1.02. The maximum Gasteiger partial charge on any atom is 0.357 e. The predicted octanol–water partition coefficient (Wildman–Crippen LogP) is 4.96. The van der Waals surface area contributed by atoms with E-state index in [1.165, 1.54) is 0 Å². The molecule has 0 aliphatic heterocycles. The van der Waals surface area contributed by atoms with Crippen LogP contribution in [-0.2, 0) is 22.7 Å². The largest absolute Gasteiger partial charge is 0.456 e. The van der Waals surface area contributed by atoms with E-state index in [0.717, 1.165) is 33.0 Å². The number of aromatic nitrogens is 2. The smallest absolute Gasteiger partial charge is 0.357 e. The molecule has 0 bridgehead atoms. The van der Waals surface area contributed by atoms with Crippen LogP contribution >= 0.6 is 0 Å². The Morgan fingerprint density at radius 2 is 1.31 bits per heavy atom. The highest BCUT2D eigenvalue weighted by Gasteiger charge is 2.15. The van der Waals surface area contributed by atoms with Gasteiger partial charge in [-0.05, 0) is 53.4 Å². The molecule has 0 unspecified atom stereocenters. The summed E-state index contributed by atoms with van der Waals surface area (Å²) < 4.78 is 11.0. The highest BCUT2D eigenvalue weighted by Crippen LogP contribution is 2.25. The Labute approximate surface area is 185 Å². The summed E-state index contributed by atoms with van der Waals surface area (Å²) in [6.07, 6.45) is 3.25. The van der Waals surface area contributed by atoms with Gasteiger partial charge in [0.05, 0.1) is 0 Å². The van der Waals surface area contributed by atoms with Crippen LogP contribution in [0.25, 0.3) is 10.8 Å². The van der Waals surface area contributed by atoms with Crippen molar-refractivity contribution in [3.8, 4) is 0 Å². The van der Waals surface area contributed by atoms with Gasteiger partial charge in [-0.25, -0.2) is 19.6 Å². The molecular weight excluding hydrogens is 404 g/mol. The van der Waals surface area contributed by atoms with Crippen molar-refractivity contribution in [3.63, 3.8) is 0 Å². The molecule has 0 spiro atoms. The standard InChI is InChI=1S/C26H22N2O4/c1-17-7-11-23(27-13-17)25(29)31-15-20-10-9-19-5-3-4-6-21(19)22(20)16-32-26(30)24-12-8-18(2)14-28-24/h3-14H,15-16H2,1-2H3. The van der Waals surface area contributed by atoms with Gasteiger partial charge < -0.3 is 9.47 Å². The second kappa shape index (κ2) is 9.39. The van der Waals surface area contributed by atoms with Gasteiger partial charge in [0.15, 0.2) is 0 Å². The molecule has 0 atom stereocenters. The molecular formula is C26H22N2O4. The fourth-order valence-electron chi connectivity index (χ4n) is 3.29. The summed E-state index contributed by atoms with van der Waals surface area (Å²) in [5, 5.41) is 1.93. The molecule has 0 radical (unpaired) electrons. The van der Waals surface area contributed by atoms with Crippen LogP contribution in [-0.4, -0.2) is 21.9 Å². The molecule has 0 amide bonds. The fraction of sp³-hybridized carbons (Fsp3) is 0.154. The van der Waals surface area contributed by atoms with Crippen LogP contribution in [0.2, 0.25) is 0 Å². The van der Waals surface area contributed by atoms with Crippen molar-refractivity contribution in [2.75, 3.05) is 0 Å². The Bertz CT molecular complexity index is 1270. The van der Waals surface area contributed by atoms with E-state index in [4.69, 9.17) is 9.47 Å². The topological polar surface area (TPSA) is 78.4 Å². The maximum absolute atomic E-state index is 12.5. The Morgan fingerprint density at radius 1 is 0.719 bits per heavy atom. The van der Waals surface area contributed by atoms with Crippen molar-refractivity contribution in [1.82, 2.24) is 9.97 Å². The van der Waals surface area contributed by atoms with Crippen molar-refractivity contribution in [2.24, 2.45) is 0 Å². The number of fused-ring (bicyclic) bond motifs is 1. The number of ether oxygens (including phenoxy) is 2. The number of pyridine rings is 2. The van der Waals surface area contributed by atoms with Crippen LogP contribution in [0.3, 0.4) is 0 Å². The molecule has 6 heteroatoms. The average molecular weight is 426 g/mol. The molecule has 2 aromatic carbocycles. The van der Waals surface area contributed by atoms with Crippen molar-refractivity contribution in [3.05, 3.63) is 107 Å². The van der Waals surface area contributed by atoms with E-state index >= 15 is 0 Å². The van der Waals surface area contributed by atoms with Crippen molar-refractivity contribution >= 4 is 22.7 Å². The molecule has 0 fully saturated rings. The number of nitrogens with zero attached hydrogens (tertiary/aromatic N) is 2. The molecule has 2 heterocycles.